The Morgan fingerprint density at radius 3 is 2.44 bits per heavy atom. The van der Waals surface area contributed by atoms with Gasteiger partial charge < -0.3 is 5.32 Å². The van der Waals surface area contributed by atoms with Gasteiger partial charge in [0.15, 0.2) is 9.84 Å². The molecule has 8 heteroatoms. The van der Waals surface area contributed by atoms with Gasteiger partial charge in [-0.25, -0.2) is 8.42 Å². The normalized spacial score (nSPS) is 12.3. The van der Waals surface area contributed by atoms with Gasteiger partial charge in [-0.05, 0) is 48.0 Å². The van der Waals surface area contributed by atoms with Crippen LogP contribution in [0.2, 0.25) is 5.02 Å². The lowest BCUT2D eigenvalue weighted by Gasteiger charge is -2.18. The Morgan fingerprint density at radius 1 is 1.04 bits per heavy atom. The van der Waals surface area contributed by atoms with Gasteiger partial charge in [-0.15, -0.1) is 0 Å². The van der Waals surface area contributed by atoms with Crippen molar-refractivity contribution in [3.8, 4) is 0 Å². The van der Waals surface area contributed by atoms with Crippen LogP contribution < -0.4 is 5.32 Å². The zero-order chi connectivity index (χ0) is 19.3. The van der Waals surface area contributed by atoms with E-state index < -0.39 is 21.0 Å². The maximum atomic E-state index is 13.2. The highest BCUT2D eigenvalue weighted by atomic mass is 35.5. The molecule has 138 valence electrons. The number of hydrogen-bond acceptors (Lipinski definition) is 5. The second kappa shape index (κ2) is 8.28. The van der Waals surface area contributed by atoms with Crippen LogP contribution in [0.1, 0.15) is 21.3 Å². The van der Waals surface area contributed by atoms with Gasteiger partial charge in [0.2, 0.25) is 0 Å². The summed E-state index contributed by atoms with van der Waals surface area (Å²) in [6, 6.07) is 14.2. The van der Waals surface area contributed by atoms with Crippen molar-refractivity contribution in [2.45, 2.75) is 10.1 Å². The first-order valence-corrected chi connectivity index (χ1v) is 9.99. The maximum Gasteiger partial charge on any atom is 0.269 e. The molecule has 2 aromatic heterocycles. The SMILES string of the molecule is O=C(NC[C@H](c1cccnc1)S(=O)(=O)c1ccc(Cl)cc1)c1ccccn1. The molecule has 3 aromatic rings. The zero-order valence-electron chi connectivity index (χ0n) is 14.1. The summed E-state index contributed by atoms with van der Waals surface area (Å²) in [7, 11) is -3.78. The first-order valence-electron chi connectivity index (χ1n) is 8.07. The monoisotopic (exact) mass is 401 g/mol. The Kier molecular flexibility index (Phi) is 5.83. The van der Waals surface area contributed by atoms with Gasteiger partial charge >= 0.3 is 0 Å². The van der Waals surface area contributed by atoms with Crippen LogP contribution in [-0.4, -0.2) is 30.8 Å². The average Bonchev–Trinajstić information content (AvgIpc) is 2.69. The molecule has 0 saturated heterocycles. The van der Waals surface area contributed by atoms with Crippen molar-refractivity contribution < 1.29 is 13.2 Å². The number of rotatable bonds is 6. The molecule has 6 nitrogen and oxygen atoms in total. The third-order valence-corrected chi connectivity index (χ3v) is 6.29. The van der Waals surface area contributed by atoms with Crippen molar-refractivity contribution in [3.63, 3.8) is 0 Å². The lowest BCUT2D eigenvalue weighted by Crippen LogP contribution is -2.32. The van der Waals surface area contributed by atoms with E-state index in [1.807, 2.05) is 0 Å². The Hall–Kier alpha value is -2.77. The predicted octanol–water partition coefficient (Wildman–Crippen LogP) is 3.08. The summed E-state index contributed by atoms with van der Waals surface area (Å²) in [6.45, 7) is -0.119. The molecule has 0 bridgehead atoms. The molecule has 0 aliphatic heterocycles. The fourth-order valence-electron chi connectivity index (χ4n) is 2.53. The van der Waals surface area contributed by atoms with E-state index in [1.165, 1.54) is 36.7 Å². The quantitative estimate of drug-likeness (QED) is 0.685. The topological polar surface area (TPSA) is 89.0 Å². The average molecular weight is 402 g/mol. The third kappa shape index (κ3) is 4.50. The highest BCUT2D eigenvalue weighted by molar-refractivity contribution is 7.91. The number of nitrogens with one attached hydrogen (secondary N) is 1. The van der Waals surface area contributed by atoms with Gasteiger partial charge in [-0.2, -0.15) is 0 Å². The van der Waals surface area contributed by atoms with Crippen LogP contribution in [0.25, 0.3) is 0 Å². The molecule has 27 heavy (non-hydrogen) atoms. The smallest absolute Gasteiger partial charge is 0.269 e. The van der Waals surface area contributed by atoms with Gasteiger partial charge in [0.25, 0.3) is 5.91 Å². The minimum absolute atomic E-state index is 0.118. The number of nitrogens with zero attached hydrogens (tertiary/aromatic N) is 2. The van der Waals surface area contributed by atoms with E-state index in [0.29, 0.717) is 10.6 Å². The van der Waals surface area contributed by atoms with Gasteiger partial charge in [0, 0.05) is 30.2 Å². The number of carbonyl (C=O) groups is 1. The molecule has 1 amide bonds. The van der Waals surface area contributed by atoms with E-state index in [-0.39, 0.29) is 17.1 Å². The number of amides is 1. The fourth-order valence-corrected chi connectivity index (χ4v) is 4.31. The molecule has 0 spiro atoms. The van der Waals surface area contributed by atoms with Crippen LogP contribution in [0.5, 0.6) is 0 Å². The summed E-state index contributed by atoms with van der Waals surface area (Å²) in [5.41, 5.74) is 0.695. The molecule has 0 aliphatic carbocycles. The van der Waals surface area contributed by atoms with Crippen molar-refractivity contribution in [2.75, 3.05) is 6.54 Å². The number of hydrogen-bond donors (Lipinski definition) is 1. The van der Waals surface area contributed by atoms with E-state index in [9.17, 15) is 13.2 Å². The first-order chi connectivity index (χ1) is 13.0. The molecular formula is C19H16ClN3O3S. The maximum absolute atomic E-state index is 13.2. The zero-order valence-corrected chi connectivity index (χ0v) is 15.7. The van der Waals surface area contributed by atoms with Crippen molar-refractivity contribution >= 4 is 27.3 Å². The summed E-state index contributed by atoms with van der Waals surface area (Å²) < 4.78 is 26.3. The molecule has 1 aromatic carbocycles. The molecule has 3 rings (SSSR count). The second-order valence-electron chi connectivity index (χ2n) is 5.70. The standard InChI is InChI=1S/C19H16ClN3O3S/c20-15-6-8-16(9-7-15)27(25,26)18(14-4-3-10-21-12-14)13-23-19(24)17-5-1-2-11-22-17/h1-12,18H,13H2,(H,23,24)/t18-/m1/s1. The second-order valence-corrected chi connectivity index (χ2v) is 8.27. The van der Waals surface area contributed by atoms with E-state index in [1.54, 1.807) is 36.5 Å². The van der Waals surface area contributed by atoms with E-state index in [4.69, 9.17) is 11.6 Å². The first kappa shape index (κ1) is 19.0. The molecular weight excluding hydrogens is 386 g/mol. The van der Waals surface area contributed by atoms with Crippen LogP contribution in [-0.2, 0) is 9.84 Å². The highest BCUT2D eigenvalue weighted by Gasteiger charge is 2.30. The van der Waals surface area contributed by atoms with Crippen LogP contribution >= 0.6 is 11.6 Å². The molecule has 1 atom stereocenters. The molecule has 2 heterocycles. The Morgan fingerprint density at radius 2 is 1.81 bits per heavy atom. The lowest BCUT2D eigenvalue weighted by molar-refractivity contribution is 0.0948. The fraction of sp³-hybridized carbons (Fsp3) is 0.105. The summed E-state index contributed by atoms with van der Waals surface area (Å²) in [4.78, 5) is 20.4. The molecule has 0 saturated carbocycles. The van der Waals surface area contributed by atoms with Crippen molar-refractivity contribution in [2.24, 2.45) is 0 Å². The van der Waals surface area contributed by atoms with Crippen molar-refractivity contribution in [3.05, 3.63) is 89.5 Å². The third-order valence-electron chi connectivity index (χ3n) is 3.92. The van der Waals surface area contributed by atoms with Crippen molar-refractivity contribution in [1.29, 1.82) is 0 Å². The van der Waals surface area contributed by atoms with Gasteiger partial charge in [0.05, 0.1) is 4.90 Å². The van der Waals surface area contributed by atoms with Crippen LogP contribution in [0, 0.1) is 0 Å². The Labute approximate surface area is 162 Å². The van der Waals surface area contributed by atoms with E-state index in [0.717, 1.165) is 0 Å². The number of carbonyl (C=O) groups excluding carboxylic acids is 1. The van der Waals surface area contributed by atoms with Crippen LogP contribution in [0.15, 0.2) is 78.1 Å². The Bertz CT molecular complexity index is 1010. The summed E-state index contributed by atoms with van der Waals surface area (Å²) in [5.74, 6) is -0.448. The van der Waals surface area contributed by atoms with Crippen LogP contribution in [0.4, 0.5) is 0 Å². The van der Waals surface area contributed by atoms with Gasteiger partial charge in [0.1, 0.15) is 10.9 Å². The Balaban J connectivity index is 1.90. The lowest BCUT2D eigenvalue weighted by atomic mass is 10.2. The van der Waals surface area contributed by atoms with Gasteiger partial charge in [-0.1, -0.05) is 23.7 Å². The molecule has 1 N–H and O–H groups in total. The van der Waals surface area contributed by atoms with Crippen molar-refractivity contribution in [1.82, 2.24) is 15.3 Å². The van der Waals surface area contributed by atoms with E-state index >= 15 is 0 Å². The number of aromatic nitrogens is 2. The number of halogens is 1. The summed E-state index contributed by atoms with van der Waals surface area (Å²) >= 11 is 5.86. The number of sulfone groups is 1. The van der Waals surface area contributed by atoms with E-state index in [2.05, 4.69) is 15.3 Å². The number of pyridine rings is 2. The number of benzene rings is 1. The summed E-state index contributed by atoms with van der Waals surface area (Å²) in [6.07, 6.45) is 4.53. The molecule has 0 radical (unpaired) electrons. The minimum atomic E-state index is -3.78. The molecule has 0 fully saturated rings. The largest absolute Gasteiger partial charge is 0.349 e. The minimum Gasteiger partial charge on any atom is -0.349 e. The molecule has 0 unspecified atom stereocenters. The highest BCUT2D eigenvalue weighted by Crippen LogP contribution is 2.29. The van der Waals surface area contributed by atoms with Crippen LogP contribution in [0.3, 0.4) is 0 Å². The molecule has 0 aliphatic rings. The predicted molar refractivity (Wildman–Crippen MR) is 102 cm³/mol. The van der Waals surface area contributed by atoms with Gasteiger partial charge in [-0.3, -0.25) is 14.8 Å². The summed E-state index contributed by atoms with van der Waals surface area (Å²) in [5, 5.41) is 2.09.